The van der Waals surface area contributed by atoms with Gasteiger partial charge in [0.25, 0.3) is 5.91 Å². The number of carbonyl (C=O) groups is 1. The van der Waals surface area contributed by atoms with Gasteiger partial charge in [0.15, 0.2) is 5.65 Å². The molecule has 0 radical (unpaired) electrons. The van der Waals surface area contributed by atoms with Gasteiger partial charge in [-0.1, -0.05) is 24.3 Å². The van der Waals surface area contributed by atoms with E-state index in [0.717, 1.165) is 6.07 Å². The Balaban J connectivity index is 1.76. The Hall–Kier alpha value is -3.89. The Morgan fingerprint density at radius 1 is 1.10 bits per heavy atom. The number of rotatable bonds is 5. The molecule has 0 spiro atoms. The fourth-order valence-corrected chi connectivity index (χ4v) is 3.09. The van der Waals surface area contributed by atoms with E-state index in [4.69, 9.17) is 0 Å². The van der Waals surface area contributed by atoms with Gasteiger partial charge < -0.3 is 5.32 Å². The van der Waals surface area contributed by atoms with E-state index in [1.165, 1.54) is 59.4 Å². The molecule has 11 heteroatoms. The van der Waals surface area contributed by atoms with Crippen LogP contribution in [0.15, 0.2) is 60.9 Å². The molecule has 0 aliphatic rings. The van der Waals surface area contributed by atoms with Crippen molar-refractivity contribution >= 4 is 11.6 Å². The van der Waals surface area contributed by atoms with Crippen molar-refractivity contribution in [1.29, 1.82) is 0 Å². The molecule has 0 bridgehead atoms. The van der Waals surface area contributed by atoms with E-state index < -0.39 is 30.4 Å². The van der Waals surface area contributed by atoms with Crippen LogP contribution >= 0.6 is 0 Å². The third-order valence-electron chi connectivity index (χ3n) is 4.61. The minimum atomic E-state index is -4.68. The highest BCUT2D eigenvalue weighted by molar-refractivity contribution is 5.94. The number of hydrogen-bond donors (Lipinski definition) is 1. The van der Waals surface area contributed by atoms with Crippen molar-refractivity contribution in [1.82, 2.24) is 30.3 Å². The Labute approximate surface area is 172 Å². The van der Waals surface area contributed by atoms with Gasteiger partial charge >= 0.3 is 6.18 Å². The predicted octanol–water partition coefficient (Wildman–Crippen LogP) is 3.53. The first kappa shape index (κ1) is 20.4. The lowest BCUT2D eigenvalue weighted by Crippen LogP contribution is -2.32. The summed E-state index contributed by atoms with van der Waals surface area (Å²) in [5.74, 6) is -0.657. The van der Waals surface area contributed by atoms with Gasteiger partial charge in [0.2, 0.25) is 0 Å². The van der Waals surface area contributed by atoms with E-state index in [0.29, 0.717) is 16.8 Å². The second kappa shape index (κ2) is 8.09. The van der Waals surface area contributed by atoms with Crippen LogP contribution in [0.5, 0.6) is 0 Å². The first-order valence-electron chi connectivity index (χ1n) is 9.02. The average Bonchev–Trinajstić information content (AvgIpc) is 3.25. The first-order valence-corrected chi connectivity index (χ1v) is 9.02. The van der Waals surface area contributed by atoms with Crippen molar-refractivity contribution in [3.05, 3.63) is 88.9 Å². The van der Waals surface area contributed by atoms with E-state index in [1.807, 2.05) is 0 Å². The lowest BCUT2D eigenvalue weighted by atomic mass is 9.97. The number of pyridine rings is 2. The maximum atomic E-state index is 13.6. The predicted molar refractivity (Wildman–Crippen MR) is 101 cm³/mol. The minimum absolute atomic E-state index is 0.134. The molecule has 0 fully saturated rings. The van der Waals surface area contributed by atoms with Gasteiger partial charge in [-0.05, 0) is 45.8 Å². The molecule has 3 heterocycles. The van der Waals surface area contributed by atoms with Crippen LogP contribution in [0, 0.1) is 0 Å². The highest BCUT2D eigenvalue weighted by atomic mass is 19.4. The topological polar surface area (TPSA) is 85.1 Å². The SMILES string of the molecule is O=C(N[C@@H](c1ccc(CF)cc1)c1ncccc1C(F)(F)F)c1ccc2nnnn2c1. The van der Waals surface area contributed by atoms with Crippen LogP contribution in [0.2, 0.25) is 0 Å². The van der Waals surface area contributed by atoms with E-state index in [-0.39, 0.29) is 11.3 Å². The second-order valence-corrected chi connectivity index (χ2v) is 6.62. The molecule has 1 atom stereocenters. The number of tetrazole rings is 1. The summed E-state index contributed by atoms with van der Waals surface area (Å²) in [6.45, 7) is -0.722. The van der Waals surface area contributed by atoms with Gasteiger partial charge in [0.1, 0.15) is 6.67 Å². The van der Waals surface area contributed by atoms with Crippen molar-refractivity contribution in [3.8, 4) is 0 Å². The molecule has 0 saturated carbocycles. The zero-order valence-electron chi connectivity index (χ0n) is 15.7. The van der Waals surface area contributed by atoms with Crippen LogP contribution in [-0.4, -0.2) is 30.9 Å². The van der Waals surface area contributed by atoms with E-state index >= 15 is 0 Å². The van der Waals surface area contributed by atoms with Crippen LogP contribution in [-0.2, 0) is 12.9 Å². The summed E-state index contributed by atoms with van der Waals surface area (Å²) in [5, 5.41) is 13.5. The largest absolute Gasteiger partial charge is 0.418 e. The lowest BCUT2D eigenvalue weighted by Gasteiger charge is -2.22. The van der Waals surface area contributed by atoms with Gasteiger partial charge in [0.05, 0.1) is 22.9 Å². The summed E-state index contributed by atoms with van der Waals surface area (Å²) in [4.78, 5) is 16.8. The van der Waals surface area contributed by atoms with Crippen molar-refractivity contribution in [2.75, 3.05) is 0 Å². The quantitative estimate of drug-likeness (QED) is 0.490. The average molecular weight is 430 g/mol. The molecule has 0 aliphatic heterocycles. The van der Waals surface area contributed by atoms with Crippen molar-refractivity contribution in [2.24, 2.45) is 0 Å². The van der Waals surface area contributed by atoms with Crippen molar-refractivity contribution < 1.29 is 22.4 Å². The summed E-state index contributed by atoms with van der Waals surface area (Å²) in [5.41, 5.74) is -0.146. The van der Waals surface area contributed by atoms with Gasteiger partial charge in [-0.3, -0.25) is 9.78 Å². The van der Waals surface area contributed by atoms with Crippen molar-refractivity contribution in [3.63, 3.8) is 0 Å². The minimum Gasteiger partial charge on any atom is -0.339 e. The number of hydrogen-bond acceptors (Lipinski definition) is 5. The molecule has 158 valence electrons. The van der Waals surface area contributed by atoms with Crippen LogP contribution in [0.3, 0.4) is 0 Å². The summed E-state index contributed by atoms with van der Waals surface area (Å²) < 4.78 is 55.0. The maximum Gasteiger partial charge on any atom is 0.418 e. The van der Waals surface area contributed by atoms with Crippen LogP contribution in [0.4, 0.5) is 17.6 Å². The van der Waals surface area contributed by atoms with Crippen LogP contribution in [0.1, 0.15) is 38.8 Å². The van der Waals surface area contributed by atoms with Gasteiger partial charge in [-0.2, -0.15) is 17.7 Å². The molecule has 4 rings (SSSR count). The van der Waals surface area contributed by atoms with E-state index in [1.54, 1.807) is 0 Å². The molecule has 31 heavy (non-hydrogen) atoms. The van der Waals surface area contributed by atoms with E-state index in [2.05, 4.69) is 25.8 Å². The number of alkyl halides is 4. The number of carbonyl (C=O) groups excluding carboxylic acids is 1. The molecular formula is C20H14F4N6O. The summed E-state index contributed by atoms with van der Waals surface area (Å²) in [7, 11) is 0. The number of nitrogens with zero attached hydrogens (tertiary/aromatic N) is 5. The molecule has 0 unspecified atom stereocenters. The molecule has 1 N–H and O–H groups in total. The number of fused-ring (bicyclic) bond motifs is 1. The number of amides is 1. The summed E-state index contributed by atoms with van der Waals surface area (Å²) >= 11 is 0. The van der Waals surface area contributed by atoms with Crippen LogP contribution < -0.4 is 5.32 Å². The molecule has 3 aromatic heterocycles. The standard InChI is InChI=1S/C20H14F4N6O/c21-10-12-3-5-13(6-4-12)17(18-15(20(22,23)24)2-1-9-25-18)26-19(31)14-7-8-16-27-28-29-30(16)11-14/h1-9,11,17H,10H2,(H,26,31)/t17-/m0/s1. The molecule has 0 saturated heterocycles. The molecule has 0 aliphatic carbocycles. The fraction of sp³-hybridized carbons (Fsp3) is 0.150. The Morgan fingerprint density at radius 2 is 1.87 bits per heavy atom. The molecule has 1 amide bonds. The number of nitrogens with one attached hydrogen (secondary N) is 1. The van der Waals surface area contributed by atoms with Crippen LogP contribution in [0.25, 0.3) is 5.65 Å². The Morgan fingerprint density at radius 3 is 2.58 bits per heavy atom. The van der Waals surface area contributed by atoms with Gasteiger partial charge in [0, 0.05) is 12.4 Å². The zero-order valence-corrected chi connectivity index (χ0v) is 15.7. The van der Waals surface area contributed by atoms with Gasteiger partial charge in [-0.25, -0.2) is 4.39 Å². The highest BCUT2D eigenvalue weighted by Gasteiger charge is 2.37. The first-order chi connectivity index (χ1) is 14.9. The fourth-order valence-electron chi connectivity index (χ4n) is 3.09. The number of halogens is 4. The number of benzene rings is 1. The molecule has 7 nitrogen and oxygen atoms in total. The third-order valence-corrected chi connectivity index (χ3v) is 4.61. The Kier molecular flexibility index (Phi) is 5.32. The molecular weight excluding hydrogens is 416 g/mol. The number of aromatic nitrogens is 5. The smallest absolute Gasteiger partial charge is 0.339 e. The maximum absolute atomic E-state index is 13.6. The third kappa shape index (κ3) is 4.20. The zero-order chi connectivity index (χ0) is 22.0. The molecule has 1 aromatic carbocycles. The van der Waals surface area contributed by atoms with Crippen molar-refractivity contribution in [2.45, 2.75) is 18.9 Å². The summed E-state index contributed by atoms with van der Waals surface area (Å²) in [6.07, 6.45) is -2.11. The Bertz CT molecular complexity index is 1220. The molecule has 4 aromatic rings. The second-order valence-electron chi connectivity index (χ2n) is 6.62. The monoisotopic (exact) mass is 430 g/mol. The highest BCUT2D eigenvalue weighted by Crippen LogP contribution is 2.35. The normalized spacial score (nSPS) is 12.6. The summed E-state index contributed by atoms with van der Waals surface area (Å²) in [6, 6.07) is 9.58. The van der Waals surface area contributed by atoms with E-state index in [9.17, 15) is 22.4 Å². The van der Waals surface area contributed by atoms with Gasteiger partial charge in [-0.15, -0.1) is 5.10 Å². The lowest BCUT2D eigenvalue weighted by molar-refractivity contribution is -0.138.